The summed E-state index contributed by atoms with van der Waals surface area (Å²) in [4.78, 5) is 3.67. The third-order valence-corrected chi connectivity index (χ3v) is 5.01. The van der Waals surface area contributed by atoms with Gasteiger partial charge in [0.15, 0.2) is 0 Å². The van der Waals surface area contributed by atoms with E-state index in [0.717, 1.165) is 12.3 Å². The number of aryl methyl sites for hydroxylation is 1. The second-order valence-corrected chi connectivity index (χ2v) is 8.22. The third kappa shape index (κ3) is 7.19. The Morgan fingerprint density at radius 1 is 1.15 bits per heavy atom. The van der Waals surface area contributed by atoms with Gasteiger partial charge >= 0.3 is 6.18 Å². The minimum absolute atomic E-state index is 0.0825. The Balaban J connectivity index is 1.61. The highest BCUT2D eigenvalue weighted by molar-refractivity contribution is 6.55. The van der Waals surface area contributed by atoms with E-state index in [2.05, 4.69) is 10.1 Å². The third-order valence-electron chi connectivity index (χ3n) is 4.42. The highest BCUT2D eigenvalue weighted by Crippen LogP contribution is 2.39. The van der Waals surface area contributed by atoms with Gasteiger partial charge in [0, 0.05) is 30.8 Å². The van der Waals surface area contributed by atoms with Crippen molar-refractivity contribution in [2.45, 2.75) is 19.0 Å². The van der Waals surface area contributed by atoms with Gasteiger partial charge < -0.3 is 18.7 Å². The van der Waals surface area contributed by atoms with Crippen molar-refractivity contribution < 1.29 is 31.9 Å². The molecule has 0 unspecified atom stereocenters. The molecule has 2 aromatic heterocycles. The number of hydrogen-bond acceptors (Lipinski definition) is 6. The molecule has 1 aromatic carbocycles. The topological polar surface area (TPSA) is 66.6 Å². The lowest BCUT2D eigenvalue weighted by atomic mass is 10.1. The number of benzene rings is 1. The first-order valence-electron chi connectivity index (χ1n) is 9.81. The van der Waals surface area contributed by atoms with Crippen molar-refractivity contribution in [3.05, 3.63) is 63.4 Å². The van der Waals surface area contributed by atoms with E-state index in [1.807, 2.05) is 0 Å². The van der Waals surface area contributed by atoms with Crippen molar-refractivity contribution in [2.75, 3.05) is 20.3 Å². The Morgan fingerprint density at radius 3 is 2.59 bits per heavy atom. The van der Waals surface area contributed by atoms with E-state index in [1.165, 1.54) is 19.3 Å². The number of rotatable bonds is 10. The van der Waals surface area contributed by atoms with E-state index in [9.17, 15) is 13.2 Å². The van der Waals surface area contributed by atoms with Crippen LogP contribution in [0.1, 0.15) is 17.7 Å². The maximum atomic E-state index is 12.6. The van der Waals surface area contributed by atoms with E-state index in [1.54, 1.807) is 18.2 Å². The Morgan fingerprint density at radius 2 is 1.94 bits per heavy atom. The van der Waals surface area contributed by atoms with Crippen LogP contribution in [0.3, 0.4) is 0 Å². The molecule has 12 heteroatoms. The van der Waals surface area contributed by atoms with E-state index in [-0.39, 0.29) is 23.6 Å². The van der Waals surface area contributed by atoms with Crippen LogP contribution in [0, 0.1) is 0 Å². The van der Waals surface area contributed by atoms with Crippen LogP contribution >= 0.6 is 34.8 Å². The normalized spacial score (nSPS) is 11.3. The molecule has 0 atom stereocenters. The molecular formula is C22H18Cl3F3N2O4. The fourth-order valence-electron chi connectivity index (χ4n) is 2.86. The molecule has 0 saturated carbocycles. The van der Waals surface area contributed by atoms with Crippen molar-refractivity contribution >= 4 is 34.8 Å². The van der Waals surface area contributed by atoms with Gasteiger partial charge in [-0.1, -0.05) is 40.0 Å². The van der Waals surface area contributed by atoms with Crippen LogP contribution in [0.5, 0.6) is 17.4 Å². The summed E-state index contributed by atoms with van der Waals surface area (Å²) < 4.78 is 59.6. The first-order chi connectivity index (χ1) is 16.2. The van der Waals surface area contributed by atoms with Crippen molar-refractivity contribution in [3.63, 3.8) is 0 Å². The zero-order valence-electron chi connectivity index (χ0n) is 17.7. The summed E-state index contributed by atoms with van der Waals surface area (Å²) in [5.41, 5.74) is 0.208. The second kappa shape index (κ2) is 11.7. The Hall–Kier alpha value is -2.62. The van der Waals surface area contributed by atoms with Crippen LogP contribution in [0.25, 0.3) is 11.3 Å². The molecule has 0 N–H and O–H groups in total. The smallest absolute Gasteiger partial charge is 0.417 e. The standard InChI is InChI=1S/C22H18Cl3F3N2O4/c1-31-21-16(9-15(10-17(21)23)32-8-6-19(24)25)18-11-14(34-30-18)3-2-7-33-20-5-4-13(12-29-20)22(26,27)28/h4-6,9-12H,2-3,7-8H2,1H3. The maximum Gasteiger partial charge on any atom is 0.417 e. The number of halogens is 6. The summed E-state index contributed by atoms with van der Waals surface area (Å²) in [5.74, 6) is 1.53. The van der Waals surface area contributed by atoms with Crippen LogP contribution in [0.4, 0.5) is 13.2 Å². The number of aromatic nitrogens is 2. The van der Waals surface area contributed by atoms with E-state index < -0.39 is 11.7 Å². The maximum absolute atomic E-state index is 12.6. The molecule has 182 valence electrons. The first kappa shape index (κ1) is 26.0. The summed E-state index contributed by atoms with van der Waals surface area (Å²) in [5, 5.41) is 4.39. The quantitative estimate of drug-likeness (QED) is 0.256. The number of methoxy groups -OCH3 is 1. The van der Waals surface area contributed by atoms with Gasteiger partial charge in [0.05, 0.1) is 29.9 Å². The molecule has 0 radical (unpaired) electrons. The van der Waals surface area contributed by atoms with E-state index in [4.69, 9.17) is 53.5 Å². The largest absolute Gasteiger partial charge is 0.494 e. The van der Waals surface area contributed by atoms with Crippen LogP contribution < -0.4 is 14.2 Å². The lowest BCUT2D eigenvalue weighted by Crippen LogP contribution is -2.06. The van der Waals surface area contributed by atoms with Gasteiger partial charge in [-0.05, 0) is 24.6 Å². The lowest BCUT2D eigenvalue weighted by Gasteiger charge is -2.11. The Bertz CT molecular complexity index is 1130. The molecule has 0 fully saturated rings. The zero-order chi connectivity index (χ0) is 24.7. The molecule has 0 saturated heterocycles. The molecule has 6 nitrogen and oxygen atoms in total. The molecule has 0 aliphatic carbocycles. The fraction of sp³-hybridized carbons (Fsp3) is 0.273. The predicted octanol–water partition coefficient (Wildman–Crippen LogP) is 7.13. The monoisotopic (exact) mass is 536 g/mol. The summed E-state index contributed by atoms with van der Waals surface area (Å²) in [7, 11) is 1.48. The van der Waals surface area contributed by atoms with E-state index in [0.29, 0.717) is 46.4 Å². The molecule has 0 bridgehead atoms. The minimum atomic E-state index is -4.44. The van der Waals surface area contributed by atoms with Crippen molar-refractivity contribution in [1.82, 2.24) is 10.1 Å². The summed E-state index contributed by atoms with van der Waals surface area (Å²) in [6.07, 6.45) is -1.24. The van der Waals surface area contributed by atoms with Gasteiger partial charge in [-0.3, -0.25) is 0 Å². The lowest BCUT2D eigenvalue weighted by molar-refractivity contribution is -0.137. The van der Waals surface area contributed by atoms with Gasteiger partial charge in [0.25, 0.3) is 0 Å². The van der Waals surface area contributed by atoms with Gasteiger partial charge in [-0.25, -0.2) is 4.98 Å². The molecule has 0 amide bonds. The highest BCUT2D eigenvalue weighted by atomic mass is 35.5. The number of nitrogens with zero attached hydrogens (tertiary/aromatic N) is 2. The Labute approximate surface area is 208 Å². The zero-order valence-corrected chi connectivity index (χ0v) is 19.9. The molecule has 2 heterocycles. The minimum Gasteiger partial charge on any atom is -0.494 e. The average molecular weight is 538 g/mol. The SMILES string of the molecule is COc1c(Cl)cc(OCC=C(Cl)Cl)cc1-c1cc(CCCOc2ccc(C(F)(F)F)cn2)on1. The Kier molecular flexibility index (Phi) is 8.93. The molecule has 3 aromatic rings. The van der Waals surface area contributed by atoms with Crippen LogP contribution in [0.15, 0.2) is 51.6 Å². The van der Waals surface area contributed by atoms with Crippen molar-refractivity contribution in [2.24, 2.45) is 0 Å². The highest BCUT2D eigenvalue weighted by Gasteiger charge is 2.30. The van der Waals surface area contributed by atoms with Crippen molar-refractivity contribution in [3.8, 4) is 28.6 Å². The number of pyridine rings is 1. The van der Waals surface area contributed by atoms with Crippen LogP contribution in [-0.2, 0) is 12.6 Å². The molecule has 0 aliphatic heterocycles. The van der Waals surface area contributed by atoms with Gasteiger partial charge in [0.1, 0.15) is 34.1 Å². The van der Waals surface area contributed by atoms with Crippen LogP contribution in [-0.4, -0.2) is 30.5 Å². The van der Waals surface area contributed by atoms with Gasteiger partial charge in [-0.2, -0.15) is 13.2 Å². The molecule has 0 spiro atoms. The average Bonchev–Trinajstić information content (AvgIpc) is 3.25. The molecule has 0 aliphatic rings. The molecule has 3 rings (SSSR count). The first-order valence-corrected chi connectivity index (χ1v) is 10.9. The number of alkyl halides is 3. The molecular weight excluding hydrogens is 520 g/mol. The van der Waals surface area contributed by atoms with Gasteiger partial charge in [-0.15, -0.1) is 0 Å². The number of hydrogen-bond donors (Lipinski definition) is 0. The van der Waals surface area contributed by atoms with Crippen LogP contribution in [0.2, 0.25) is 5.02 Å². The summed E-state index contributed by atoms with van der Waals surface area (Å²) in [6.45, 7) is 0.367. The second-order valence-electron chi connectivity index (χ2n) is 6.80. The predicted molar refractivity (Wildman–Crippen MR) is 122 cm³/mol. The van der Waals surface area contributed by atoms with Crippen molar-refractivity contribution in [1.29, 1.82) is 0 Å². The van der Waals surface area contributed by atoms with E-state index >= 15 is 0 Å². The van der Waals surface area contributed by atoms with Gasteiger partial charge in [0.2, 0.25) is 5.88 Å². The fourth-order valence-corrected chi connectivity index (χ4v) is 3.28. The summed E-state index contributed by atoms with van der Waals surface area (Å²) >= 11 is 17.5. The summed E-state index contributed by atoms with van der Waals surface area (Å²) in [6, 6.07) is 7.11. The molecule has 34 heavy (non-hydrogen) atoms. The number of ether oxygens (including phenoxy) is 3.